The fourth-order valence-corrected chi connectivity index (χ4v) is 3.88. The molecule has 2 aliphatic rings. The molecule has 2 aliphatic heterocycles. The van der Waals surface area contributed by atoms with Crippen molar-refractivity contribution in [3.8, 4) is 0 Å². The van der Waals surface area contributed by atoms with Gasteiger partial charge in [0.25, 0.3) is 0 Å². The smallest absolute Gasteiger partial charge is 0.329 e. The van der Waals surface area contributed by atoms with Gasteiger partial charge in [-0.15, -0.1) is 0 Å². The number of likely N-dealkylation sites (tertiary alicyclic amines) is 1. The number of rotatable bonds is 3. The van der Waals surface area contributed by atoms with Crippen LogP contribution in [0.5, 0.6) is 0 Å². The van der Waals surface area contributed by atoms with Gasteiger partial charge in [-0.25, -0.2) is 0 Å². The van der Waals surface area contributed by atoms with Gasteiger partial charge in [0.05, 0.1) is 11.2 Å². The summed E-state index contributed by atoms with van der Waals surface area (Å²) in [6.45, 7) is 1.50. The van der Waals surface area contributed by atoms with Crippen LogP contribution < -0.4 is 5.32 Å². The van der Waals surface area contributed by atoms with Gasteiger partial charge in [-0.05, 0) is 31.0 Å². The molecule has 1 amide bonds. The Labute approximate surface area is 153 Å². The van der Waals surface area contributed by atoms with Gasteiger partial charge in [0.1, 0.15) is 12.6 Å². The van der Waals surface area contributed by atoms with E-state index in [2.05, 4.69) is 10.4 Å². The zero-order chi connectivity index (χ0) is 18.5. The maximum Gasteiger partial charge on any atom is 0.408 e. The Bertz CT molecular complexity index is 846. The van der Waals surface area contributed by atoms with Crippen molar-refractivity contribution in [3.05, 3.63) is 28.9 Å². The third-order valence-electron chi connectivity index (χ3n) is 5.15. The van der Waals surface area contributed by atoms with Crippen molar-refractivity contribution >= 4 is 28.4 Å². The second kappa shape index (κ2) is 6.42. The molecule has 4 rings (SSSR count). The number of halogens is 4. The number of carbonyl (C=O) groups is 1. The minimum atomic E-state index is -4.39. The predicted molar refractivity (Wildman–Crippen MR) is 91.1 cm³/mol. The highest BCUT2D eigenvalue weighted by atomic mass is 35.5. The van der Waals surface area contributed by atoms with Crippen LogP contribution in [-0.2, 0) is 11.3 Å². The molecule has 1 aromatic carbocycles. The molecule has 0 bridgehead atoms. The molecule has 2 fully saturated rings. The molecule has 3 heterocycles. The minimum Gasteiger partial charge on any atom is -0.329 e. The highest BCUT2D eigenvalue weighted by Crippen LogP contribution is 2.33. The van der Waals surface area contributed by atoms with Gasteiger partial charge in [0.2, 0.25) is 5.91 Å². The van der Waals surface area contributed by atoms with E-state index in [1.165, 1.54) is 4.68 Å². The number of fused-ring (bicyclic) bond motifs is 1. The van der Waals surface area contributed by atoms with Gasteiger partial charge in [0, 0.05) is 36.0 Å². The largest absolute Gasteiger partial charge is 0.408 e. The maximum atomic E-state index is 13.1. The maximum absolute atomic E-state index is 13.1. The van der Waals surface area contributed by atoms with E-state index < -0.39 is 18.1 Å². The monoisotopic (exact) mass is 386 g/mol. The Balaban J connectivity index is 1.64. The summed E-state index contributed by atoms with van der Waals surface area (Å²) >= 11 is 6.09. The van der Waals surface area contributed by atoms with Crippen LogP contribution in [-0.4, -0.2) is 52.4 Å². The first-order valence-corrected chi connectivity index (χ1v) is 8.95. The fourth-order valence-electron chi connectivity index (χ4n) is 3.70. The second-order valence-electron chi connectivity index (χ2n) is 6.85. The van der Waals surface area contributed by atoms with Crippen LogP contribution in [0.3, 0.4) is 0 Å². The fraction of sp³-hybridized carbons (Fsp3) is 0.529. The molecule has 0 radical (unpaired) electrons. The van der Waals surface area contributed by atoms with E-state index in [1.54, 1.807) is 18.2 Å². The quantitative estimate of drug-likeness (QED) is 0.882. The molecule has 9 heteroatoms. The van der Waals surface area contributed by atoms with Gasteiger partial charge in [-0.2, -0.15) is 18.3 Å². The van der Waals surface area contributed by atoms with E-state index in [-0.39, 0.29) is 25.4 Å². The van der Waals surface area contributed by atoms with Gasteiger partial charge < -0.3 is 10.2 Å². The summed E-state index contributed by atoms with van der Waals surface area (Å²) in [5.74, 6) is -0.329. The number of nitrogens with zero attached hydrogens (tertiary/aromatic N) is 3. The number of alkyl halides is 3. The molecular formula is C17H18ClF3N4O. The van der Waals surface area contributed by atoms with Crippen LogP contribution in [0.1, 0.15) is 24.5 Å². The first-order chi connectivity index (χ1) is 12.3. The average Bonchev–Trinajstić information content (AvgIpc) is 3.11. The lowest BCUT2D eigenvalue weighted by molar-refractivity contribution is -0.183. The summed E-state index contributed by atoms with van der Waals surface area (Å²) in [6, 6.07) is 3.57. The van der Waals surface area contributed by atoms with Crippen LogP contribution in [0.15, 0.2) is 18.2 Å². The van der Waals surface area contributed by atoms with E-state index in [0.717, 1.165) is 29.1 Å². The Morgan fingerprint density at radius 3 is 2.77 bits per heavy atom. The van der Waals surface area contributed by atoms with E-state index in [4.69, 9.17) is 11.6 Å². The first-order valence-electron chi connectivity index (χ1n) is 8.57. The molecule has 1 N–H and O–H groups in total. The molecule has 1 atom stereocenters. The van der Waals surface area contributed by atoms with Crippen LogP contribution >= 0.6 is 11.6 Å². The number of hydrogen-bond acceptors (Lipinski definition) is 3. The Hall–Kier alpha value is -1.80. The average molecular weight is 387 g/mol. The Morgan fingerprint density at radius 2 is 2.12 bits per heavy atom. The molecule has 5 nitrogen and oxygen atoms in total. The molecule has 26 heavy (non-hydrogen) atoms. The highest BCUT2D eigenvalue weighted by Gasteiger charge is 2.47. The molecule has 0 unspecified atom stereocenters. The van der Waals surface area contributed by atoms with Crippen molar-refractivity contribution in [1.82, 2.24) is 20.0 Å². The Morgan fingerprint density at radius 1 is 1.35 bits per heavy atom. The lowest BCUT2D eigenvalue weighted by Crippen LogP contribution is -2.45. The van der Waals surface area contributed by atoms with Crippen molar-refractivity contribution in [2.75, 3.05) is 19.6 Å². The SMILES string of the molecule is O=C(Cn1nc(C2CNC2)c2cc(Cl)ccc21)N1CCC[C@H]1C(F)(F)F. The molecule has 2 aromatic rings. The minimum absolute atomic E-state index is 0.0380. The second-order valence-corrected chi connectivity index (χ2v) is 7.28. The topological polar surface area (TPSA) is 50.2 Å². The van der Waals surface area contributed by atoms with Crippen molar-refractivity contribution in [3.63, 3.8) is 0 Å². The van der Waals surface area contributed by atoms with Crippen molar-refractivity contribution in [2.45, 2.75) is 37.5 Å². The van der Waals surface area contributed by atoms with Gasteiger partial charge >= 0.3 is 6.18 Å². The van der Waals surface area contributed by atoms with Crippen molar-refractivity contribution in [2.24, 2.45) is 0 Å². The summed E-state index contributed by atoms with van der Waals surface area (Å²) in [7, 11) is 0. The lowest BCUT2D eigenvalue weighted by Gasteiger charge is -2.27. The number of carbonyl (C=O) groups excluding carboxylic acids is 1. The van der Waals surface area contributed by atoms with Gasteiger partial charge in [-0.3, -0.25) is 9.48 Å². The summed E-state index contributed by atoms with van der Waals surface area (Å²) in [5.41, 5.74) is 1.55. The van der Waals surface area contributed by atoms with E-state index in [1.807, 2.05) is 0 Å². The Kier molecular flexibility index (Phi) is 4.35. The third kappa shape index (κ3) is 3.05. The zero-order valence-electron chi connectivity index (χ0n) is 13.9. The number of benzene rings is 1. The number of hydrogen-bond donors (Lipinski definition) is 1. The van der Waals surface area contributed by atoms with Crippen LogP contribution in [0.25, 0.3) is 10.9 Å². The molecular weight excluding hydrogens is 369 g/mol. The summed E-state index contributed by atoms with van der Waals surface area (Å²) in [5, 5.41) is 9.13. The van der Waals surface area contributed by atoms with Gasteiger partial charge in [-0.1, -0.05) is 11.6 Å². The molecule has 0 saturated carbocycles. The summed E-state index contributed by atoms with van der Waals surface area (Å²) < 4.78 is 40.9. The summed E-state index contributed by atoms with van der Waals surface area (Å²) in [4.78, 5) is 13.5. The van der Waals surface area contributed by atoms with Crippen molar-refractivity contribution in [1.29, 1.82) is 0 Å². The molecule has 1 aromatic heterocycles. The number of aromatic nitrogens is 2. The van der Waals surface area contributed by atoms with E-state index in [9.17, 15) is 18.0 Å². The molecule has 140 valence electrons. The van der Waals surface area contributed by atoms with E-state index >= 15 is 0 Å². The third-order valence-corrected chi connectivity index (χ3v) is 5.38. The van der Waals surface area contributed by atoms with Crippen molar-refractivity contribution < 1.29 is 18.0 Å². The normalized spacial score (nSPS) is 21.4. The number of nitrogens with one attached hydrogen (secondary N) is 1. The predicted octanol–water partition coefficient (Wildman–Crippen LogP) is 2.93. The van der Waals surface area contributed by atoms with Crippen LogP contribution in [0.4, 0.5) is 13.2 Å². The highest BCUT2D eigenvalue weighted by molar-refractivity contribution is 6.31. The first kappa shape index (κ1) is 17.6. The zero-order valence-corrected chi connectivity index (χ0v) is 14.6. The number of amides is 1. The lowest BCUT2D eigenvalue weighted by atomic mass is 9.97. The van der Waals surface area contributed by atoms with Crippen LogP contribution in [0.2, 0.25) is 5.02 Å². The van der Waals surface area contributed by atoms with E-state index in [0.29, 0.717) is 17.0 Å². The summed E-state index contributed by atoms with van der Waals surface area (Å²) in [6.07, 6.45) is -4.07. The molecule has 2 saturated heterocycles. The van der Waals surface area contributed by atoms with Gasteiger partial charge in [0.15, 0.2) is 0 Å². The standard InChI is InChI=1S/C17H18ClF3N4O/c18-11-3-4-13-12(6-11)16(10-7-22-8-10)23-25(13)9-15(26)24-5-1-2-14(24)17(19,20)21/h3-4,6,10,14,22H,1-2,5,7-9H2/t14-/m0/s1. The molecule has 0 spiro atoms. The molecule has 0 aliphatic carbocycles. The van der Waals surface area contributed by atoms with Crippen LogP contribution in [0, 0.1) is 0 Å².